The van der Waals surface area contributed by atoms with Gasteiger partial charge in [-0.3, -0.25) is 4.79 Å². The number of phenols is 1. The van der Waals surface area contributed by atoms with Crippen molar-refractivity contribution in [3.8, 4) is 5.75 Å². The van der Waals surface area contributed by atoms with E-state index in [-0.39, 0.29) is 29.9 Å². The minimum absolute atomic E-state index is 0.0180. The van der Waals surface area contributed by atoms with Gasteiger partial charge in [-0.25, -0.2) is 4.79 Å². The third-order valence-electron chi connectivity index (χ3n) is 8.28. The molecule has 3 aliphatic rings. The highest BCUT2D eigenvalue weighted by Gasteiger charge is 2.49. The number of ether oxygens (including phenoxy) is 7. The third kappa shape index (κ3) is 8.68. The van der Waals surface area contributed by atoms with Crippen molar-refractivity contribution in [2.75, 3.05) is 26.9 Å². The number of rotatable bonds is 12. The van der Waals surface area contributed by atoms with Crippen LogP contribution in [-0.2, 0) is 49.2 Å². The zero-order chi connectivity index (χ0) is 35.1. The number of aromatic hydroxyl groups is 1. The molecule has 0 bridgehead atoms. The summed E-state index contributed by atoms with van der Waals surface area (Å²) in [6.07, 6.45) is -15.1. The van der Waals surface area contributed by atoms with Crippen molar-refractivity contribution in [1.29, 1.82) is 0 Å². The number of phenolic OH excluding ortho intramolecular Hbond substituents is 1. The van der Waals surface area contributed by atoms with Gasteiger partial charge in [0.15, 0.2) is 12.6 Å². The molecule has 1 aromatic rings. The lowest BCUT2D eigenvalue weighted by atomic mass is 9.86. The molecule has 4 rings (SSSR count). The number of hydrogen-bond acceptors (Lipinski definition) is 17. The van der Waals surface area contributed by atoms with Gasteiger partial charge in [0.1, 0.15) is 54.6 Å². The summed E-state index contributed by atoms with van der Waals surface area (Å²) in [5.74, 6) is -2.30. The fourth-order valence-electron chi connectivity index (χ4n) is 5.48. The predicted molar refractivity (Wildman–Crippen MR) is 157 cm³/mol. The Bertz CT molecular complexity index is 1280. The van der Waals surface area contributed by atoms with Crippen LogP contribution in [0.2, 0.25) is 0 Å². The molecule has 0 radical (unpaired) electrons. The Labute approximate surface area is 275 Å². The second-order valence-electron chi connectivity index (χ2n) is 11.4. The van der Waals surface area contributed by atoms with E-state index in [4.69, 9.17) is 33.2 Å². The number of aliphatic hydroxyl groups excluding tert-OH is 7. The zero-order valence-electron chi connectivity index (χ0n) is 26.2. The second kappa shape index (κ2) is 17.0. The molecule has 3 aliphatic heterocycles. The van der Waals surface area contributed by atoms with Crippen molar-refractivity contribution < 1.29 is 83.6 Å². The minimum atomic E-state index is -1.83. The van der Waals surface area contributed by atoms with Crippen molar-refractivity contribution >= 4 is 11.9 Å². The van der Waals surface area contributed by atoms with Gasteiger partial charge in [0, 0.05) is 17.9 Å². The molecule has 3 heterocycles. The summed E-state index contributed by atoms with van der Waals surface area (Å²) in [5, 5.41) is 80.9. The van der Waals surface area contributed by atoms with Gasteiger partial charge in [-0.2, -0.15) is 0 Å². The highest BCUT2D eigenvalue weighted by molar-refractivity contribution is 5.90. The van der Waals surface area contributed by atoms with Gasteiger partial charge in [-0.15, -0.1) is 0 Å². The van der Waals surface area contributed by atoms with Crippen molar-refractivity contribution in [3.63, 3.8) is 0 Å². The van der Waals surface area contributed by atoms with E-state index in [9.17, 15) is 50.4 Å². The Hall–Kier alpha value is -3.20. The van der Waals surface area contributed by atoms with Crippen LogP contribution in [0.25, 0.3) is 0 Å². The molecule has 12 atom stereocenters. The van der Waals surface area contributed by atoms with Gasteiger partial charge in [0.05, 0.1) is 45.2 Å². The number of carbonyl (C=O) groups excluding carboxylic acids is 2. The monoisotopic (exact) mass is 686 g/mol. The van der Waals surface area contributed by atoms with Crippen LogP contribution in [0.15, 0.2) is 47.7 Å². The predicted octanol–water partition coefficient (Wildman–Crippen LogP) is -2.52. The maximum atomic E-state index is 12.9. The van der Waals surface area contributed by atoms with Crippen LogP contribution in [0.1, 0.15) is 18.9 Å². The SMILES string of the molecule is CC=C1[C@H](O[C@@H]2O[C@@H](CO[C@@H]3O[C@@H](CO)[C@@H](O)[C@@H](O)[C@H]3O)[C@@H](O)[C@@H](O)[C@H]2O)OC=C(C(=O)OC)[C@H]1CC(=O)OCCc1ccc(O)cc1. The minimum Gasteiger partial charge on any atom is -0.508 e. The van der Waals surface area contributed by atoms with Gasteiger partial charge < -0.3 is 74.0 Å². The van der Waals surface area contributed by atoms with Crippen LogP contribution in [0.3, 0.4) is 0 Å². The maximum Gasteiger partial charge on any atom is 0.337 e. The fourth-order valence-corrected chi connectivity index (χ4v) is 5.48. The number of allylic oxidation sites excluding steroid dienone is 1. The number of benzene rings is 1. The number of esters is 2. The summed E-state index contributed by atoms with van der Waals surface area (Å²) in [4.78, 5) is 25.5. The Morgan fingerprint density at radius 2 is 1.50 bits per heavy atom. The van der Waals surface area contributed by atoms with Crippen molar-refractivity contribution in [2.24, 2.45) is 5.92 Å². The number of aliphatic hydroxyl groups is 7. The van der Waals surface area contributed by atoms with Crippen LogP contribution < -0.4 is 0 Å². The van der Waals surface area contributed by atoms with Gasteiger partial charge in [-0.05, 0) is 24.6 Å². The Kier molecular flexibility index (Phi) is 13.3. The fraction of sp³-hybridized carbons (Fsp3) is 0.613. The molecular formula is C31H42O17. The summed E-state index contributed by atoms with van der Waals surface area (Å²) in [5.41, 5.74) is 1.05. The first kappa shape index (κ1) is 37.6. The zero-order valence-corrected chi connectivity index (χ0v) is 26.2. The Morgan fingerprint density at radius 1 is 0.875 bits per heavy atom. The molecule has 0 aliphatic carbocycles. The molecule has 0 aromatic heterocycles. The van der Waals surface area contributed by atoms with Gasteiger partial charge in [0.2, 0.25) is 6.29 Å². The third-order valence-corrected chi connectivity index (χ3v) is 8.28. The van der Waals surface area contributed by atoms with Crippen LogP contribution in [0.5, 0.6) is 5.75 Å². The molecule has 1 aromatic carbocycles. The molecule has 2 saturated heterocycles. The van der Waals surface area contributed by atoms with E-state index < -0.39 is 98.8 Å². The average Bonchev–Trinajstić information content (AvgIpc) is 3.08. The lowest BCUT2D eigenvalue weighted by Crippen LogP contribution is -2.62. The normalized spacial score (nSPS) is 36.2. The van der Waals surface area contributed by atoms with Gasteiger partial charge in [-0.1, -0.05) is 18.2 Å². The van der Waals surface area contributed by atoms with E-state index in [0.717, 1.165) is 18.9 Å². The molecule has 0 unspecified atom stereocenters. The molecule has 268 valence electrons. The van der Waals surface area contributed by atoms with Gasteiger partial charge >= 0.3 is 11.9 Å². The standard InChI is InChI=1S/C31H42O17/c1-3-16-17(10-21(34)43-9-8-14-4-6-15(33)7-5-14)18(28(41)42-2)12-44-29(16)48-31-27(40)25(38)23(36)20(47-31)13-45-30-26(39)24(37)22(35)19(11-32)46-30/h3-7,12,17,19-20,22-27,29-33,35-40H,8-11,13H2,1-2H3/t17-,19-,20-,22+,23+,24+,25+,26+,27+,29-,30+,31-/m0/s1. The molecule has 0 saturated carbocycles. The van der Waals surface area contributed by atoms with Crippen LogP contribution in [0, 0.1) is 5.92 Å². The van der Waals surface area contributed by atoms with E-state index >= 15 is 0 Å². The Balaban J connectivity index is 1.42. The van der Waals surface area contributed by atoms with E-state index in [2.05, 4.69) is 0 Å². The summed E-state index contributed by atoms with van der Waals surface area (Å²) < 4.78 is 38.1. The summed E-state index contributed by atoms with van der Waals surface area (Å²) >= 11 is 0. The lowest BCUT2D eigenvalue weighted by Gasteiger charge is -2.43. The first-order valence-corrected chi connectivity index (χ1v) is 15.2. The number of methoxy groups -OCH3 is 1. The quantitative estimate of drug-likeness (QED) is 0.0834. The topological polar surface area (TPSA) is 261 Å². The van der Waals surface area contributed by atoms with E-state index in [1.165, 1.54) is 18.2 Å². The molecule has 48 heavy (non-hydrogen) atoms. The molecular weight excluding hydrogens is 644 g/mol. The largest absolute Gasteiger partial charge is 0.508 e. The van der Waals surface area contributed by atoms with Crippen LogP contribution in [-0.4, -0.2) is 147 Å². The van der Waals surface area contributed by atoms with Crippen molar-refractivity contribution in [1.82, 2.24) is 0 Å². The Morgan fingerprint density at radius 3 is 2.12 bits per heavy atom. The molecule has 0 spiro atoms. The van der Waals surface area contributed by atoms with E-state index in [0.29, 0.717) is 6.42 Å². The summed E-state index contributed by atoms with van der Waals surface area (Å²) in [6, 6.07) is 6.38. The highest BCUT2D eigenvalue weighted by Crippen LogP contribution is 2.36. The van der Waals surface area contributed by atoms with Crippen LogP contribution >= 0.6 is 0 Å². The first-order valence-electron chi connectivity index (χ1n) is 15.2. The highest BCUT2D eigenvalue weighted by atomic mass is 16.8. The summed E-state index contributed by atoms with van der Waals surface area (Å²) in [7, 11) is 1.15. The smallest absolute Gasteiger partial charge is 0.337 e. The lowest BCUT2D eigenvalue weighted by molar-refractivity contribution is -0.344. The molecule has 2 fully saturated rings. The van der Waals surface area contributed by atoms with Gasteiger partial charge in [0.25, 0.3) is 0 Å². The number of carbonyl (C=O) groups is 2. The second-order valence-corrected chi connectivity index (χ2v) is 11.4. The number of hydrogen-bond donors (Lipinski definition) is 8. The molecule has 17 nitrogen and oxygen atoms in total. The molecule has 17 heteroatoms. The molecule has 0 amide bonds. The van der Waals surface area contributed by atoms with Crippen molar-refractivity contribution in [3.05, 3.63) is 53.3 Å². The molecule has 8 N–H and O–H groups in total. The van der Waals surface area contributed by atoms with E-state index in [1.807, 2.05) is 0 Å². The van der Waals surface area contributed by atoms with Crippen LogP contribution in [0.4, 0.5) is 0 Å². The summed E-state index contributed by atoms with van der Waals surface area (Å²) in [6.45, 7) is 0.324. The average molecular weight is 687 g/mol. The van der Waals surface area contributed by atoms with E-state index in [1.54, 1.807) is 19.1 Å². The maximum absolute atomic E-state index is 12.9. The van der Waals surface area contributed by atoms with Crippen molar-refractivity contribution in [2.45, 2.75) is 87.5 Å². The first-order chi connectivity index (χ1) is 22.9.